The van der Waals surface area contributed by atoms with Gasteiger partial charge in [-0.25, -0.2) is 4.98 Å². The van der Waals surface area contributed by atoms with Crippen LogP contribution in [0.15, 0.2) is 48.5 Å². The van der Waals surface area contributed by atoms with Gasteiger partial charge in [0.25, 0.3) is 0 Å². The lowest BCUT2D eigenvalue weighted by molar-refractivity contribution is 0.438. The molecule has 2 aromatic heterocycles. The number of anilines is 3. The summed E-state index contributed by atoms with van der Waals surface area (Å²) in [7, 11) is 0. The first kappa shape index (κ1) is 17.9. The monoisotopic (exact) mass is 386 g/mol. The normalized spacial score (nSPS) is 15.3. The zero-order valence-electron chi connectivity index (χ0n) is 17.0. The summed E-state index contributed by atoms with van der Waals surface area (Å²) in [6, 6.07) is 16.8. The molecule has 0 spiro atoms. The Morgan fingerprint density at radius 2 is 1.76 bits per heavy atom. The zero-order chi connectivity index (χ0) is 19.8. The molecule has 1 fully saturated rings. The largest absolute Gasteiger partial charge is 0.372 e. The van der Waals surface area contributed by atoms with Crippen LogP contribution in [-0.2, 0) is 6.42 Å². The second kappa shape index (κ2) is 7.35. The summed E-state index contributed by atoms with van der Waals surface area (Å²) in [5.41, 5.74) is 5.01. The quantitative estimate of drug-likeness (QED) is 0.545. The third kappa shape index (κ3) is 3.28. The first-order chi connectivity index (χ1) is 14.2. The number of hydrogen-bond acceptors (Lipinski definition) is 5. The van der Waals surface area contributed by atoms with Crippen molar-refractivity contribution in [3.05, 3.63) is 54.4 Å². The second-order valence-corrected chi connectivity index (χ2v) is 7.92. The molecule has 1 aliphatic heterocycles. The molecule has 2 aromatic carbocycles. The van der Waals surface area contributed by atoms with Crippen molar-refractivity contribution in [2.75, 3.05) is 23.3 Å². The van der Waals surface area contributed by atoms with Crippen molar-refractivity contribution in [2.45, 2.75) is 33.1 Å². The highest BCUT2D eigenvalue weighted by Crippen LogP contribution is 2.27. The molecule has 0 radical (unpaired) electrons. The van der Waals surface area contributed by atoms with Crippen LogP contribution in [0.4, 0.5) is 17.2 Å². The summed E-state index contributed by atoms with van der Waals surface area (Å²) in [6.45, 7) is 6.72. The highest BCUT2D eigenvalue weighted by molar-refractivity contribution is 5.84. The molecule has 148 valence electrons. The van der Waals surface area contributed by atoms with E-state index in [1.165, 1.54) is 18.5 Å². The molecule has 6 heteroatoms. The lowest BCUT2D eigenvalue weighted by atomic mass is 9.99. The Hall–Kier alpha value is -3.15. The van der Waals surface area contributed by atoms with Gasteiger partial charge in [-0.05, 0) is 55.2 Å². The lowest BCUT2D eigenvalue weighted by Gasteiger charge is -2.32. The minimum atomic E-state index is 0.732. The topological polar surface area (TPSA) is 58.4 Å². The van der Waals surface area contributed by atoms with Crippen LogP contribution in [0.5, 0.6) is 0 Å². The van der Waals surface area contributed by atoms with E-state index in [9.17, 15) is 0 Å². The third-order valence-electron chi connectivity index (χ3n) is 5.89. The van der Waals surface area contributed by atoms with Crippen LogP contribution in [0.1, 0.15) is 32.5 Å². The molecule has 1 aliphatic rings. The van der Waals surface area contributed by atoms with Gasteiger partial charge in [0.2, 0.25) is 5.65 Å². The fourth-order valence-corrected chi connectivity index (χ4v) is 4.11. The number of fused-ring (bicyclic) bond motifs is 3. The maximum atomic E-state index is 4.82. The highest BCUT2D eigenvalue weighted by Gasteiger charge is 2.17. The van der Waals surface area contributed by atoms with Gasteiger partial charge in [0.1, 0.15) is 5.82 Å². The second-order valence-electron chi connectivity index (χ2n) is 7.92. The van der Waals surface area contributed by atoms with Crippen LogP contribution < -0.4 is 10.2 Å². The Morgan fingerprint density at radius 1 is 1.00 bits per heavy atom. The van der Waals surface area contributed by atoms with Gasteiger partial charge in [0, 0.05) is 30.9 Å². The molecular weight excluding hydrogens is 360 g/mol. The predicted molar refractivity (Wildman–Crippen MR) is 118 cm³/mol. The molecule has 6 nitrogen and oxygen atoms in total. The number of aromatic nitrogens is 4. The van der Waals surface area contributed by atoms with Crippen molar-refractivity contribution in [2.24, 2.45) is 5.92 Å². The molecule has 0 bridgehead atoms. The van der Waals surface area contributed by atoms with Crippen molar-refractivity contribution in [3.8, 4) is 0 Å². The van der Waals surface area contributed by atoms with Gasteiger partial charge in [-0.1, -0.05) is 26.0 Å². The van der Waals surface area contributed by atoms with Crippen molar-refractivity contribution < 1.29 is 0 Å². The van der Waals surface area contributed by atoms with Crippen molar-refractivity contribution in [1.82, 2.24) is 19.6 Å². The van der Waals surface area contributed by atoms with Crippen LogP contribution in [0.2, 0.25) is 0 Å². The highest BCUT2D eigenvalue weighted by atomic mass is 15.3. The summed E-state index contributed by atoms with van der Waals surface area (Å²) < 4.78 is 2.11. The number of aryl methyl sites for hydroxylation is 1. The van der Waals surface area contributed by atoms with Crippen LogP contribution >= 0.6 is 0 Å². The van der Waals surface area contributed by atoms with E-state index in [1.807, 2.05) is 18.2 Å². The molecule has 1 saturated heterocycles. The van der Waals surface area contributed by atoms with Gasteiger partial charge in [-0.15, -0.1) is 10.2 Å². The van der Waals surface area contributed by atoms with E-state index >= 15 is 0 Å². The van der Waals surface area contributed by atoms with Crippen molar-refractivity contribution in [3.63, 3.8) is 0 Å². The first-order valence-corrected chi connectivity index (χ1v) is 10.5. The number of nitrogens with one attached hydrogen (secondary N) is 1. The smallest absolute Gasteiger partial charge is 0.204 e. The van der Waals surface area contributed by atoms with Crippen molar-refractivity contribution >= 4 is 33.9 Å². The summed E-state index contributed by atoms with van der Waals surface area (Å²) in [5.74, 6) is 2.51. The molecule has 0 atom stereocenters. The molecule has 0 unspecified atom stereocenters. The SMILES string of the molecule is CCc1nnc2c(Nc3ccc(N4CCC(C)CC4)cc3)nc3ccccc3n12. The third-order valence-corrected chi connectivity index (χ3v) is 5.89. The van der Waals surface area contributed by atoms with Crippen molar-refractivity contribution in [1.29, 1.82) is 0 Å². The summed E-state index contributed by atoms with van der Waals surface area (Å²) >= 11 is 0. The number of piperidine rings is 1. The summed E-state index contributed by atoms with van der Waals surface area (Å²) in [6.07, 6.45) is 3.36. The van der Waals surface area contributed by atoms with Crippen LogP contribution in [0, 0.1) is 5.92 Å². The zero-order valence-corrected chi connectivity index (χ0v) is 17.0. The lowest BCUT2D eigenvalue weighted by Crippen LogP contribution is -2.32. The van der Waals surface area contributed by atoms with Gasteiger partial charge in [0.05, 0.1) is 11.0 Å². The van der Waals surface area contributed by atoms with Crippen LogP contribution in [0.3, 0.4) is 0 Å². The number of nitrogens with zero attached hydrogens (tertiary/aromatic N) is 5. The summed E-state index contributed by atoms with van der Waals surface area (Å²) in [4.78, 5) is 7.30. The maximum Gasteiger partial charge on any atom is 0.204 e. The maximum absolute atomic E-state index is 4.82. The molecule has 0 amide bonds. The molecule has 3 heterocycles. The van der Waals surface area contributed by atoms with E-state index in [0.717, 1.165) is 59.4 Å². The molecular formula is C23H26N6. The van der Waals surface area contributed by atoms with E-state index in [1.54, 1.807) is 0 Å². The van der Waals surface area contributed by atoms with E-state index in [0.29, 0.717) is 0 Å². The molecule has 0 aliphatic carbocycles. The Labute approximate surface area is 170 Å². The molecule has 4 aromatic rings. The van der Waals surface area contributed by atoms with Crippen LogP contribution in [0.25, 0.3) is 16.7 Å². The van der Waals surface area contributed by atoms with Gasteiger partial charge < -0.3 is 10.2 Å². The van der Waals surface area contributed by atoms with Gasteiger partial charge in [0.15, 0.2) is 5.82 Å². The number of para-hydroxylation sites is 2. The van der Waals surface area contributed by atoms with Crippen LogP contribution in [-0.4, -0.2) is 32.7 Å². The fourth-order valence-electron chi connectivity index (χ4n) is 4.11. The first-order valence-electron chi connectivity index (χ1n) is 10.5. The Bertz CT molecular complexity index is 1140. The minimum Gasteiger partial charge on any atom is -0.372 e. The predicted octanol–water partition coefficient (Wildman–Crippen LogP) is 4.82. The van der Waals surface area contributed by atoms with E-state index in [-0.39, 0.29) is 0 Å². The Morgan fingerprint density at radius 3 is 2.52 bits per heavy atom. The minimum absolute atomic E-state index is 0.732. The average molecular weight is 387 g/mol. The van der Waals surface area contributed by atoms with E-state index in [4.69, 9.17) is 4.98 Å². The number of rotatable bonds is 4. The standard InChI is InChI=1S/C23H26N6/c1-3-21-26-27-23-22(25-19-6-4-5-7-20(19)29(21)23)24-17-8-10-18(11-9-17)28-14-12-16(2)13-15-28/h4-11,16H,3,12-15H2,1-2H3,(H,24,25). The van der Waals surface area contributed by atoms with Gasteiger partial charge in [-0.3, -0.25) is 4.40 Å². The number of benzene rings is 2. The molecule has 5 rings (SSSR count). The van der Waals surface area contributed by atoms with Gasteiger partial charge in [-0.2, -0.15) is 0 Å². The van der Waals surface area contributed by atoms with E-state index < -0.39 is 0 Å². The van der Waals surface area contributed by atoms with Gasteiger partial charge >= 0.3 is 0 Å². The Kier molecular flexibility index (Phi) is 4.54. The molecule has 29 heavy (non-hydrogen) atoms. The fraction of sp³-hybridized carbons (Fsp3) is 0.348. The van der Waals surface area contributed by atoms with E-state index in [2.05, 4.69) is 69.0 Å². The molecule has 0 saturated carbocycles. The average Bonchev–Trinajstić information content (AvgIpc) is 3.20. The molecule has 1 N–H and O–H groups in total. The number of hydrogen-bond donors (Lipinski definition) is 1. The Balaban J connectivity index is 1.47. The summed E-state index contributed by atoms with van der Waals surface area (Å²) in [5, 5.41) is 12.2.